The molecule has 2 aliphatic rings. The second kappa shape index (κ2) is 12.1. The van der Waals surface area contributed by atoms with Crippen molar-refractivity contribution >= 4 is 11.7 Å². The Hall–Kier alpha value is -4.27. The molecule has 1 N–H and O–H groups in total. The molecule has 0 bridgehead atoms. The molecule has 1 fully saturated rings. The molecule has 2 aliphatic heterocycles. The van der Waals surface area contributed by atoms with Crippen LogP contribution in [-0.2, 0) is 10.3 Å². The minimum Gasteiger partial charge on any atom is -0.390 e. The minimum atomic E-state index is -1.59. The number of likely N-dealkylation sites (tertiary alicyclic amines) is 1. The summed E-state index contributed by atoms with van der Waals surface area (Å²) in [4.78, 5) is 23.1. The Balaban J connectivity index is 1.28. The number of hydrogen-bond acceptors (Lipinski definition) is 4. The first kappa shape index (κ1) is 28.8. The van der Waals surface area contributed by atoms with Crippen molar-refractivity contribution in [1.29, 1.82) is 0 Å². The van der Waals surface area contributed by atoms with E-state index in [1.165, 1.54) is 59.5 Å². The molecule has 1 atom stereocenters. The van der Waals surface area contributed by atoms with Gasteiger partial charge in [0.2, 0.25) is 0 Å². The van der Waals surface area contributed by atoms with E-state index in [1.54, 1.807) is 6.07 Å². The number of carbonyl (C=O) groups is 1. The Morgan fingerprint density at radius 2 is 1.33 bits per heavy atom. The number of hydrogen-bond donors (Lipinski definition) is 1. The number of nitrogens with zero attached hydrogens (tertiary/aromatic N) is 3. The lowest BCUT2D eigenvalue weighted by atomic mass is 9.82. The van der Waals surface area contributed by atoms with Crippen molar-refractivity contribution in [2.24, 2.45) is 4.99 Å². The first-order chi connectivity index (χ1) is 20.8. The van der Waals surface area contributed by atoms with Gasteiger partial charge < -0.3 is 10.0 Å². The van der Waals surface area contributed by atoms with Crippen molar-refractivity contribution in [3.05, 3.63) is 143 Å². The summed E-state index contributed by atoms with van der Waals surface area (Å²) >= 11 is 0. The van der Waals surface area contributed by atoms with Crippen LogP contribution in [0.1, 0.15) is 41.0 Å². The Bertz CT molecular complexity index is 1560. The smallest absolute Gasteiger partial charge is 0.265 e. The van der Waals surface area contributed by atoms with Crippen molar-refractivity contribution in [1.82, 2.24) is 9.80 Å². The molecular formula is C35H32F3N3O2. The molecule has 0 aliphatic carbocycles. The molecule has 220 valence electrons. The molecule has 4 aromatic rings. The lowest BCUT2D eigenvalue weighted by molar-refractivity contribution is -0.131. The van der Waals surface area contributed by atoms with E-state index in [1.807, 2.05) is 42.5 Å². The fourth-order valence-corrected chi connectivity index (χ4v) is 6.26. The van der Waals surface area contributed by atoms with Crippen molar-refractivity contribution in [3.63, 3.8) is 0 Å². The molecule has 0 radical (unpaired) electrons. The maximum atomic E-state index is 14.5. The molecule has 8 heteroatoms. The Morgan fingerprint density at radius 3 is 1.91 bits per heavy atom. The lowest BCUT2D eigenvalue weighted by Crippen LogP contribution is -2.48. The third-order valence-corrected chi connectivity index (χ3v) is 8.43. The first-order valence-electron chi connectivity index (χ1n) is 14.5. The summed E-state index contributed by atoms with van der Waals surface area (Å²) in [5.74, 6) is -1.02. The number of carbonyl (C=O) groups excluding carboxylic acids is 1. The van der Waals surface area contributed by atoms with E-state index >= 15 is 0 Å². The van der Waals surface area contributed by atoms with Gasteiger partial charge in [-0.05, 0) is 78.9 Å². The first-order valence-corrected chi connectivity index (χ1v) is 14.5. The average molecular weight is 584 g/mol. The van der Waals surface area contributed by atoms with E-state index < -0.39 is 29.2 Å². The van der Waals surface area contributed by atoms with E-state index in [2.05, 4.69) is 4.90 Å². The van der Waals surface area contributed by atoms with Crippen LogP contribution in [0.5, 0.6) is 0 Å². The van der Waals surface area contributed by atoms with Gasteiger partial charge in [0.25, 0.3) is 5.91 Å². The molecule has 43 heavy (non-hydrogen) atoms. The van der Waals surface area contributed by atoms with Gasteiger partial charge in [-0.3, -0.25) is 9.69 Å². The molecule has 0 saturated carbocycles. The predicted octanol–water partition coefficient (Wildman–Crippen LogP) is 5.88. The summed E-state index contributed by atoms with van der Waals surface area (Å²) in [5, 5.41) is 11.3. The van der Waals surface area contributed by atoms with Crippen molar-refractivity contribution in [3.8, 4) is 0 Å². The molecule has 4 aromatic carbocycles. The molecule has 1 amide bonds. The second-order valence-electron chi connectivity index (χ2n) is 11.2. The number of aliphatic hydroxyl groups is 1. The number of piperidine rings is 1. The van der Waals surface area contributed by atoms with Gasteiger partial charge in [-0.15, -0.1) is 0 Å². The Morgan fingerprint density at radius 1 is 0.767 bits per heavy atom. The standard InChI is InChI=1S/C35H32F3N3O2/c36-28-14-10-26(11-15-28)35(27-12-16-29(37)17-13-27)34(43)41(33(39-35)25-6-2-1-3-7-25)23-30(42)22-40-20-18-24(19-21-40)31-8-4-5-9-32(31)38/h1-17,24,30,42H,18-23H2. The summed E-state index contributed by atoms with van der Waals surface area (Å²) in [7, 11) is 0. The van der Waals surface area contributed by atoms with Crippen LogP contribution in [0.25, 0.3) is 0 Å². The quantitative estimate of drug-likeness (QED) is 0.282. The van der Waals surface area contributed by atoms with Crippen LogP contribution in [-0.4, -0.2) is 58.9 Å². The van der Waals surface area contributed by atoms with Crippen LogP contribution in [0.3, 0.4) is 0 Å². The SMILES string of the molecule is O=C1N(CC(O)CN2CCC(c3ccccc3F)CC2)C(c2ccccc2)=NC1(c1ccc(F)cc1)c1ccc(F)cc1. The van der Waals surface area contributed by atoms with Crippen LogP contribution >= 0.6 is 0 Å². The van der Waals surface area contributed by atoms with Gasteiger partial charge in [-0.25, -0.2) is 18.2 Å². The number of β-amino-alcohol motifs (C(OH)–C–C–N with tert-alkyl or cyclic N) is 1. The number of aliphatic imine (C=N–C) groups is 1. The summed E-state index contributed by atoms with van der Waals surface area (Å²) < 4.78 is 42.3. The molecule has 0 aromatic heterocycles. The van der Waals surface area contributed by atoms with Gasteiger partial charge in [0, 0.05) is 12.1 Å². The summed E-state index contributed by atoms with van der Waals surface area (Å²) in [6.45, 7) is 1.69. The van der Waals surface area contributed by atoms with Crippen molar-refractivity contribution in [2.75, 3.05) is 26.2 Å². The van der Waals surface area contributed by atoms with Crippen molar-refractivity contribution < 1.29 is 23.1 Å². The highest BCUT2D eigenvalue weighted by Crippen LogP contribution is 2.41. The summed E-state index contributed by atoms with van der Waals surface area (Å²) in [6, 6.07) is 27.2. The molecule has 1 unspecified atom stereocenters. The van der Waals surface area contributed by atoms with E-state index in [0.717, 1.165) is 18.4 Å². The zero-order chi connectivity index (χ0) is 30.0. The van der Waals surface area contributed by atoms with E-state index in [-0.39, 0.29) is 18.3 Å². The topological polar surface area (TPSA) is 56.1 Å². The van der Waals surface area contributed by atoms with Crippen LogP contribution in [0.15, 0.2) is 108 Å². The van der Waals surface area contributed by atoms with Crippen LogP contribution in [0, 0.1) is 17.5 Å². The molecule has 6 rings (SSSR count). The normalized spacial score (nSPS) is 18.1. The summed E-state index contributed by atoms with van der Waals surface area (Å²) in [5.41, 5.74) is 0.689. The minimum absolute atomic E-state index is 0.0239. The summed E-state index contributed by atoms with van der Waals surface area (Å²) in [6.07, 6.45) is 0.636. The van der Waals surface area contributed by atoms with Gasteiger partial charge in [0.05, 0.1) is 12.6 Å². The molecular weight excluding hydrogens is 551 g/mol. The Kier molecular flexibility index (Phi) is 8.15. The van der Waals surface area contributed by atoms with Gasteiger partial charge in [0.15, 0.2) is 5.54 Å². The zero-order valence-electron chi connectivity index (χ0n) is 23.5. The monoisotopic (exact) mass is 583 g/mol. The lowest BCUT2D eigenvalue weighted by Gasteiger charge is -2.34. The zero-order valence-corrected chi connectivity index (χ0v) is 23.5. The predicted molar refractivity (Wildman–Crippen MR) is 159 cm³/mol. The third-order valence-electron chi connectivity index (χ3n) is 8.43. The highest BCUT2D eigenvalue weighted by atomic mass is 19.1. The van der Waals surface area contributed by atoms with Crippen LogP contribution in [0.2, 0.25) is 0 Å². The largest absolute Gasteiger partial charge is 0.390 e. The molecule has 2 heterocycles. The molecule has 0 spiro atoms. The average Bonchev–Trinajstić information content (AvgIpc) is 3.31. The number of amides is 1. The molecule has 1 saturated heterocycles. The highest BCUT2D eigenvalue weighted by molar-refractivity contribution is 6.16. The molecule has 5 nitrogen and oxygen atoms in total. The van der Waals surface area contributed by atoms with E-state index in [4.69, 9.17) is 4.99 Å². The second-order valence-corrected chi connectivity index (χ2v) is 11.2. The maximum Gasteiger partial charge on any atom is 0.265 e. The third kappa shape index (κ3) is 5.72. The van der Waals surface area contributed by atoms with E-state index in [9.17, 15) is 23.1 Å². The van der Waals surface area contributed by atoms with Gasteiger partial charge in [-0.2, -0.15) is 0 Å². The van der Waals surface area contributed by atoms with Crippen molar-refractivity contribution in [2.45, 2.75) is 30.4 Å². The number of aliphatic hydroxyl groups excluding tert-OH is 1. The van der Waals surface area contributed by atoms with E-state index in [0.29, 0.717) is 42.2 Å². The maximum absolute atomic E-state index is 14.5. The van der Waals surface area contributed by atoms with Crippen LogP contribution < -0.4 is 0 Å². The highest BCUT2D eigenvalue weighted by Gasteiger charge is 2.51. The number of rotatable bonds is 8. The Labute approximate surface area is 248 Å². The van der Waals surface area contributed by atoms with Gasteiger partial charge >= 0.3 is 0 Å². The fourth-order valence-electron chi connectivity index (χ4n) is 6.26. The van der Waals surface area contributed by atoms with Crippen LogP contribution in [0.4, 0.5) is 13.2 Å². The van der Waals surface area contributed by atoms with Gasteiger partial charge in [0.1, 0.15) is 23.3 Å². The van der Waals surface area contributed by atoms with Gasteiger partial charge in [-0.1, -0.05) is 72.8 Å². The number of halogens is 3. The number of benzene rings is 4. The fraction of sp³-hybridized carbons (Fsp3) is 0.257. The number of amidine groups is 1.